The largest absolute Gasteiger partial charge is 0.477 e. The average Bonchev–Trinajstić information content (AvgIpc) is 3.48. The molecule has 2 aliphatic rings. The van der Waals surface area contributed by atoms with E-state index in [0.717, 1.165) is 42.3 Å². The minimum absolute atomic E-state index is 0.0294. The molecule has 8 heteroatoms. The average molecular weight is 425 g/mol. The number of aromatic carboxylic acids is 1. The van der Waals surface area contributed by atoms with Crippen molar-refractivity contribution in [3.05, 3.63) is 69.0 Å². The Hall–Kier alpha value is -3.42. The minimum atomic E-state index is -1.40. The van der Waals surface area contributed by atoms with E-state index in [1.807, 2.05) is 25.1 Å². The highest BCUT2D eigenvalue weighted by atomic mass is 19.1. The fourth-order valence-electron chi connectivity index (χ4n) is 4.38. The van der Waals surface area contributed by atoms with Gasteiger partial charge in [0.05, 0.1) is 10.9 Å². The smallest absolute Gasteiger partial charge is 0.341 e. The zero-order chi connectivity index (χ0) is 21.9. The Kier molecular flexibility index (Phi) is 4.46. The lowest BCUT2D eigenvalue weighted by Crippen LogP contribution is -2.22. The number of halogens is 2. The Morgan fingerprint density at radius 2 is 1.94 bits per heavy atom. The van der Waals surface area contributed by atoms with Gasteiger partial charge in [0.25, 0.3) is 0 Å². The first-order chi connectivity index (χ1) is 14.9. The fourth-order valence-corrected chi connectivity index (χ4v) is 4.38. The number of pyridine rings is 1. The molecule has 5 rings (SSSR count). The monoisotopic (exact) mass is 425 g/mol. The highest BCUT2D eigenvalue weighted by Gasteiger charge is 2.32. The number of nitrogens with one attached hydrogen (secondary N) is 1. The van der Waals surface area contributed by atoms with Gasteiger partial charge in [-0.2, -0.15) is 0 Å². The van der Waals surface area contributed by atoms with E-state index in [1.54, 1.807) is 4.90 Å². The van der Waals surface area contributed by atoms with Gasteiger partial charge in [0, 0.05) is 37.6 Å². The fraction of sp³-hybridized carbons (Fsp3) is 0.304. The summed E-state index contributed by atoms with van der Waals surface area (Å²) in [5.41, 5.74) is 1.36. The van der Waals surface area contributed by atoms with Crippen molar-refractivity contribution in [1.82, 2.24) is 4.57 Å². The number of hydrogen-bond donors (Lipinski definition) is 2. The second-order valence-electron chi connectivity index (χ2n) is 8.10. The molecule has 0 bridgehead atoms. The number of rotatable bonds is 5. The van der Waals surface area contributed by atoms with Crippen LogP contribution in [0.15, 0.2) is 35.3 Å². The molecule has 0 unspecified atom stereocenters. The molecule has 1 aliphatic heterocycles. The number of nitrogens with zero attached hydrogens (tertiary/aromatic N) is 2. The van der Waals surface area contributed by atoms with Crippen LogP contribution >= 0.6 is 0 Å². The molecule has 1 saturated carbocycles. The Balaban J connectivity index is 1.65. The predicted octanol–water partition coefficient (Wildman–Crippen LogP) is 4.26. The molecule has 2 heterocycles. The topological polar surface area (TPSA) is 74.6 Å². The predicted molar refractivity (Wildman–Crippen MR) is 114 cm³/mol. The third-order valence-electron chi connectivity index (χ3n) is 5.98. The van der Waals surface area contributed by atoms with Crippen molar-refractivity contribution < 1.29 is 18.7 Å². The number of aromatic nitrogens is 1. The number of carbonyl (C=O) groups is 1. The maximum absolute atomic E-state index is 15.8. The zero-order valence-electron chi connectivity index (χ0n) is 16.9. The molecule has 0 atom stereocenters. The Morgan fingerprint density at radius 1 is 1.19 bits per heavy atom. The van der Waals surface area contributed by atoms with E-state index in [0.29, 0.717) is 13.1 Å². The van der Waals surface area contributed by atoms with Gasteiger partial charge in [0.2, 0.25) is 5.43 Å². The van der Waals surface area contributed by atoms with Crippen LogP contribution in [-0.2, 0) is 13.1 Å². The van der Waals surface area contributed by atoms with Crippen molar-refractivity contribution in [2.45, 2.75) is 38.9 Å². The van der Waals surface area contributed by atoms with E-state index in [4.69, 9.17) is 0 Å². The summed E-state index contributed by atoms with van der Waals surface area (Å²) in [6, 6.07) is 6.76. The van der Waals surface area contributed by atoms with Crippen molar-refractivity contribution in [1.29, 1.82) is 0 Å². The van der Waals surface area contributed by atoms with E-state index in [2.05, 4.69) is 5.32 Å². The van der Waals surface area contributed by atoms with Gasteiger partial charge in [-0.25, -0.2) is 13.6 Å². The highest BCUT2D eigenvalue weighted by Crippen LogP contribution is 2.41. The summed E-state index contributed by atoms with van der Waals surface area (Å²) in [6.07, 6.45) is 2.70. The van der Waals surface area contributed by atoms with Crippen LogP contribution in [0.25, 0.3) is 10.9 Å². The molecule has 160 valence electrons. The van der Waals surface area contributed by atoms with Crippen LogP contribution in [0.2, 0.25) is 0 Å². The molecule has 0 spiro atoms. The van der Waals surface area contributed by atoms with Crippen LogP contribution in [0, 0.1) is 11.6 Å². The third kappa shape index (κ3) is 3.13. The standard InChI is InChI=1S/C23H21F2N3O3/c1-2-26-14-4-3-12-9-27(10-13(12)7-14)21-18(24)8-16-20(19(21)25)28(15-5-6-15)11-17(22(16)29)23(30)31/h3-4,7-8,11,15,26H,2,5-6,9-10H2,1H3,(H,30,31). The summed E-state index contributed by atoms with van der Waals surface area (Å²) >= 11 is 0. The van der Waals surface area contributed by atoms with Crippen molar-refractivity contribution in [2.24, 2.45) is 0 Å². The summed E-state index contributed by atoms with van der Waals surface area (Å²) in [6.45, 7) is 3.46. The van der Waals surface area contributed by atoms with E-state index in [9.17, 15) is 14.7 Å². The van der Waals surface area contributed by atoms with Crippen LogP contribution in [0.4, 0.5) is 20.2 Å². The maximum Gasteiger partial charge on any atom is 0.341 e. The van der Waals surface area contributed by atoms with Crippen molar-refractivity contribution >= 4 is 28.2 Å². The van der Waals surface area contributed by atoms with Crippen LogP contribution in [0.5, 0.6) is 0 Å². The first-order valence-electron chi connectivity index (χ1n) is 10.3. The lowest BCUT2D eigenvalue weighted by Gasteiger charge is -2.22. The summed E-state index contributed by atoms with van der Waals surface area (Å²) in [7, 11) is 0. The van der Waals surface area contributed by atoms with E-state index >= 15 is 8.78 Å². The van der Waals surface area contributed by atoms with Gasteiger partial charge in [0.15, 0.2) is 5.82 Å². The SMILES string of the molecule is CCNc1ccc2c(c1)CN(c1c(F)cc3c(=O)c(C(=O)O)cn(C4CC4)c3c1F)C2. The van der Waals surface area contributed by atoms with Crippen molar-refractivity contribution in [3.63, 3.8) is 0 Å². The van der Waals surface area contributed by atoms with Crippen LogP contribution in [0.3, 0.4) is 0 Å². The van der Waals surface area contributed by atoms with Crippen molar-refractivity contribution in [3.8, 4) is 0 Å². The lowest BCUT2D eigenvalue weighted by atomic mass is 10.1. The molecule has 2 N–H and O–H groups in total. The zero-order valence-corrected chi connectivity index (χ0v) is 16.9. The van der Waals surface area contributed by atoms with Gasteiger partial charge in [-0.1, -0.05) is 6.07 Å². The third-order valence-corrected chi connectivity index (χ3v) is 5.98. The molecule has 0 amide bonds. The molecule has 0 radical (unpaired) electrons. The van der Waals surface area contributed by atoms with Crippen LogP contribution in [-0.4, -0.2) is 22.2 Å². The molecule has 1 aromatic heterocycles. The highest BCUT2D eigenvalue weighted by molar-refractivity contribution is 5.94. The number of hydrogen-bond acceptors (Lipinski definition) is 4. The second-order valence-corrected chi connectivity index (χ2v) is 8.10. The number of benzene rings is 2. The molecule has 1 fully saturated rings. The summed E-state index contributed by atoms with van der Waals surface area (Å²) < 4.78 is 32.4. The summed E-state index contributed by atoms with van der Waals surface area (Å²) in [4.78, 5) is 25.7. The van der Waals surface area contributed by atoms with E-state index < -0.39 is 28.6 Å². The van der Waals surface area contributed by atoms with Gasteiger partial charge in [-0.3, -0.25) is 4.79 Å². The first-order valence-corrected chi connectivity index (χ1v) is 10.3. The van der Waals surface area contributed by atoms with E-state index in [-0.39, 0.29) is 22.6 Å². The quantitative estimate of drug-likeness (QED) is 0.639. The lowest BCUT2D eigenvalue weighted by molar-refractivity contribution is 0.0694. The van der Waals surface area contributed by atoms with Gasteiger partial charge in [0.1, 0.15) is 17.1 Å². The van der Waals surface area contributed by atoms with Gasteiger partial charge < -0.3 is 19.9 Å². The minimum Gasteiger partial charge on any atom is -0.477 e. The number of anilines is 2. The normalized spacial score (nSPS) is 15.4. The molecule has 3 aromatic rings. The molecule has 31 heavy (non-hydrogen) atoms. The molecule has 0 saturated heterocycles. The molecular weight excluding hydrogens is 404 g/mol. The van der Waals surface area contributed by atoms with Gasteiger partial charge in [-0.05, 0) is 49.1 Å². The van der Waals surface area contributed by atoms with Gasteiger partial charge >= 0.3 is 5.97 Å². The number of carboxylic acid groups (broad SMARTS) is 1. The number of carboxylic acids is 1. The molecule has 2 aromatic carbocycles. The number of fused-ring (bicyclic) bond motifs is 2. The second kappa shape index (κ2) is 7.08. The maximum atomic E-state index is 15.8. The first kappa shape index (κ1) is 19.5. The van der Waals surface area contributed by atoms with Crippen LogP contribution < -0.4 is 15.6 Å². The molecule has 6 nitrogen and oxygen atoms in total. The van der Waals surface area contributed by atoms with E-state index in [1.165, 1.54) is 10.8 Å². The Bertz CT molecular complexity index is 1300. The Morgan fingerprint density at radius 3 is 2.61 bits per heavy atom. The molecule has 1 aliphatic carbocycles. The Labute approximate surface area is 176 Å². The summed E-state index contributed by atoms with van der Waals surface area (Å²) in [5.74, 6) is -3.10. The van der Waals surface area contributed by atoms with Gasteiger partial charge in [-0.15, -0.1) is 0 Å². The van der Waals surface area contributed by atoms with Crippen molar-refractivity contribution in [2.75, 3.05) is 16.8 Å². The molecular formula is C23H21F2N3O3. The summed E-state index contributed by atoms with van der Waals surface area (Å²) in [5, 5.41) is 12.4. The van der Waals surface area contributed by atoms with Crippen LogP contribution in [0.1, 0.15) is 47.3 Å².